The number of hydrogen-bond acceptors (Lipinski definition) is 5. The Morgan fingerprint density at radius 3 is 2.65 bits per heavy atom. The molecule has 110 valence electrons. The smallest absolute Gasteiger partial charge is 0.231 e. The van der Waals surface area contributed by atoms with Crippen LogP contribution in [0, 0.1) is 0 Å². The van der Waals surface area contributed by atoms with Crippen molar-refractivity contribution in [3.8, 4) is 0 Å². The number of aromatic nitrogens is 2. The lowest BCUT2D eigenvalue weighted by Gasteiger charge is -2.34. The van der Waals surface area contributed by atoms with E-state index in [-0.39, 0.29) is 0 Å². The number of rotatable bonds is 2. The van der Waals surface area contributed by atoms with E-state index in [9.17, 15) is 0 Å². The highest BCUT2D eigenvalue weighted by Crippen LogP contribution is 2.41. The van der Waals surface area contributed by atoms with Gasteiger partial charge in [-0.15, -0.1) is 0 Å². The fraction of sp³-hybridized carbons (Fsp3) is 0.867. The summed E-state index contributed by atoms with van der Waals surface area (Å²) < 4.78 is 5.56. The third-order valence-electron chi connectivity index (χ3n) is 5.57. The van der Waals surface area contributed by atoms with Crippen molar-refractivity contribution >= 4 is 0 Å². The summed E-state index contributed by atoms with van der Waals surface area (Å²) in [5.41, 5.74) is 0. The van der Waals surface area contributed by atoms with Crippen molar-refractivity contribution < 1.29 is 4.52 Å². The summed E-state index contributed by atoms with van der Waals surface area (Å²) in [6.45, 7) is 2.11. The van der Waals surface area contributed by atoms with E-state index < -0.39 is 0 Å². The fourth-order valence-electron chi connectivity index (χ4n) is 4.26. The number of hydrogen-bond donors (Lipinski definition) is 1. The molecule has 0 saturated carbocycles. The topological polar surface area (TPSA) is 54.2 Å². The van der Waals surface area contributed by atoms with Gasteiger partial charge in [0.15, 0.2) is 5.82 Å². The van der Waals surface area contributed by atoms with Crippen LogP contribution in [0.3, 0.4) is 0 Å². The first-order valence-electron chi connectivity index (χ1n) is 8.07. The van der Waals surface area contributed by atoms with Crippen LogP contribution in [0.25, 0.3) is 0 Å². The lowest BCUT2D eigenvalue weighted by molar-refractivity contribution is 0.157. The van der Waals surface area contributed by atoms with Crippen LogP contribution < -0.4 is 5.32 Å². The predicted octanol–water partition coefficient (Wildman–Crippen LogP) is 1.88. The van der Waals surface area contributed by atoms with Gasteiger partial charge < -0.3 is 14.7 Å². The molecule has 4 rings (SSSR count). The van der Waals surface area contributed by atoms with E-state index in [1.54, 1.807) is 0 Å². The Morgan fingerprint density at radius 1 is 1.15 bits per heavy atom. The van der Waals surface area contributed by atoms with E-state index in [1.807, 2.05) is 0 Å². The lowest BCUT2D eigenvalue weighted by atomic mass is 9.90. The molecule has 4 heterocycles. The van der Waals surface area contributed by atoms with Crippen LogP contribution in [0.5, 0.6) is 0 Å². The Bertz CT molecular complexity index is 454. The molecular formula is C15H24N4O. The highest BCUT2D eigenvalue weighted by Gasteiger charge is 2.40. The van der Waals surface area contributed by atoms with Crippen LogP contribution >= 0.6 is 0 Å². The first-order valence-corrected chi connectivity index (χ1v) is 8.07. The van der Waals surface area contributed by atoms with Gasteiger partial charge in [-0.2, -0.15) is 4.98 Å². The van der Waals surface area contributed by atoms with Gasteiger partial charge in [-0.1, -0.05) is 5.16 Å². The summed E-state index contributed by atoms with van der Waals surface area (Å²) in [6.07, 6.45) is 7.47. The summed E-state index contributed by atoms with van der Waals surface area (Å²) in [5.74, 6) is 2.76. The minimum Gasteiger partial charge on any atom is -0.339 e. The molecule has 3 saturated heterocycles. The van der Waals surface area contributed by atoms with E-state index in [2.05, 4.69) is 22.4 Å². The first kappa shape index (κ1) is 12.8. The minimum atomic E-state index is 0.424. The summed E-state index contributed by atoms with van der Waals surface area (Å²) >= 11 is 0. The molecule has 5 nitrogen and oxygen atoms in total. The van der Waals surface area contributed by atoms with Gasteiger partial charge in [0.2, 0.25) is 5.89 Å². The van der Waals surface area contributed by atoms with E-state index in [1.165, 1.54) is 38.5 Å². The second-order valence-corrected chi connectivity index (χ2v) is 6.75. The Labute approximate surface area is 120 Å². The Balaban J connectivity index is 1.48. The zero-order valence-corrected chi connectivity index (χ0v) is 12.2. The van der Waals surface area contributed by atoms with Crippen LogP contribution in [0.2, 0.25) is 0 Å². The van der Waals surface area contributed by atoms with Crippen LogP contribution in [0.4, 0.5) is 0 Å². The molecule has 0 aliphatic carbocycles. The fourth-order valence-corrected chi connectivity index (χ4v) is 4.26. The quantitative estimate of drug-likeness (QED) is 0.894. The molecule has 3 fully saturated rings. The van der Waals surface area contributed by atoms with Gasteiger partial charge in [0.25, 0.3) is 0 Å². The van der Waals surface area contributed by atoms with E-state index in [0.29, 0.717) is 11.8 Å². The molecule has 3 unspecified atom stereocenters. The Kier molecular flexibility index (Phi) is 3.27. The van der Waals surface area contributed by atoms with Gasteiger partial charge in [0, 0.05) is 24.5 Å². The molecule has 3 aliphatic rings. The molecular weight excluding hydrogens is 252 g/mol. The summed E-state index contributed by atoms with van der Waals surface area (Å²) in [4.78, 5) is 7.30. The maximum absolute atomic E-state index is 5.56. The maximum atomic E-state index is 5.56. The van der Waals surface area contributed by atoms with Crippen molar-refractivity contribution in [2.75, 3.05) is 20.1 Å². The summed E-state index contributed by atoms with van der Waals surface area (Å²) in [7, 11) is 2.27. The molecule has 0 aromatic carbocycles. The highest BCUT2D eigenvalue weighted by molar-refractivity contribution is 5.07. The van der Waals surface area contributed by atoms with Crippen molar-refractivity contribution in [3.05, 3.63) is 11.7 Å². The number of piperidine rings is 2. The minimum absolute atomic E-state index is 0.424. The SMILES string of the molecule is CN1C2CCC1CC(c1noc(C3CCCNC3)n1)C2. The van der Waals surface area contributed by atoms with Crippen molar-refractivity contribution in [2.24, 2.45) is 0 Å². The van der Waals surface area contributed by atoms with Crippen LogP contribution in [0.1, 0.15) is 62.1 Å². The van der Waals surface area contributed by atoms with Crippen molar-refractivity contribution in [1.82, 2.24) is 20.4 Å². The van der Waals surface area contributed by atoms with Crippen LogP contribution in [-0.4, -0.2) is 47.3 Å². The average Bonchev–Trinajstić information content (AvgIpc) is 3.03. The molecule has 1 aromatic rings. The van der Waals surface area contributed by atoms with Gasteiger partial charge in [0.1, 0.15) is 0 Å². The van der Waals surface area contributed by atoms with Gasteiger partial charge in [-0.05, 0) is 52.1 Å². The zero-order chi connectivity index (χ0) is 13.5. The van der Waals surface area contributed by atoms with Gasteiger partial charge in [-0.25, -0.2) is 0 Å². The number of nitrogens with zero attached hydrogens (tertiary/aromatic N) is 3. The monoisotopic (exact) mass is 276 g/mol. The lowest BCUT2D eigenvalue weighted by Crippen LogP contribution is -2.39. The average molecular weight is 276 g/mol. The second-order valence-electron chi connectivity index (χ2n) is 6.75. The van der Waals surface area contributed by atoms with Crippen molar-refractivity contribution in [2.45, 2.75) is 62.4 Å². The molecule has 20 heavy (non-hydrogen) atoms. The predicted molar refractivity (Wildman–Crippen MR) is 75.7 cm³/mol. The Hall–Kier alpha value is -0.940. The van der Waals surface area contributed by atoms with Crippen LogP contribution in [-0.2, 0) is 0 Å². The van der Waals surface area contributed by atoms with Crippen molar-refractivity contribution in [1.29, 1.82) is 0 Å². The third-order valence-corrected chi connectivity index (χ3v) is 5.57. The van der Waals surface area contributed by atoms with Gasteiger partial charge in [0.05, 0.1) is 5.92 Å². The summed E-state index contributed by atoms with van der Waals surface area (Å²) in [5, 5.41) is 7.72. The Morgan fingerprint density at radius 2 is 1.95 bits per heavy atom. The van der Waals surface area contributed by atoms with Crippen molar-refractivity contribution in [3.63, 3.8) is 0 Å². The zero-order valence-electron chi connectivity index (χ0n) is 12.2. The number of nitrogens with one attached hydrogen (secondary N) is 1. The van der Waals surface area contributed by atoms with E-state index in [4.69, 9.17) is 9.51 Å². The van der Waals surface area contributed by atoms with Gasteiger partial charge in [-0.3, -0.25) is 0 Å². The highest BCUT2D eigenvalue weighted by atomic mass is 16.5. The molecule has 3 aliphatic heterocycles. The molecule has 2 bridgehead atoms. The van der Waals surface area contributed by atoms with Crippen LogP contribution in [0.15, 0.2) is 4.52 Å². The third kappa shape index (κ3) is 2.17. The summed E-state index contributed by atoms with van der Waals surface area (Å²) in [6, 6.07) is 1.47. The standard InChI is InChI=1S/C15H24N4O/c1-19-12-4-5-13(19)8-11(7-12)14-17-15(20-18-14)10-3-2-6-16-9-10/h10-13,16H,2-9H2,1H3. The molecule has 1 aromatic heterocycles. The first-order chi connectivity index (χ1) is 9.81. The maximum Gasteiger partial charge on any atom is 0.231 e. The second kappa shape index (κ2) is 5.11. The van der Waals surface area contributed by atoms with E-state index >= 15 is 0 Å². The molecule has 0 amide bonds. The molecule has 0 spiro atoms. The van der Waals surface area contributed by atoms with Gasteiger partial charge >= 0.3 is 0 Å². The number of fused-ring (bicyclic) bond motifs is 2. The molecule has 0 radical (unpaired) electrons. The molecule has 3 atom stereocenters. The normalized spacial score (nSPS) is 38.2. The van der Waals surface area contributed by atoms with E-state index in [0.717, 1.165) is 36.9 Å². The largest absolute Gasteiger partial charge is 0.339 e. The molecule has 1 N–H and O–H groups in total. The molecule has 5 heteroatoms.